The Morgan fingerprint density at radius 1 is 1.55 bits per heavy atom. The van der Waals surface area contributed by atoms with Gasteiger partial charge >= 0.3 is 0 Å². The molecular formula is C8H9NOS. The standard InChI is InChI=1S/C8H9NOS/c1-6(10)7-3-4-8(11-2)9-5-7/h3-5H,1-2H3. The molecule has 0 atom stereocenters. The number of carbonyl (C=O) groups excluding carboxylic acids is 1. The fraction of sp³-hybridized carbons (Fsp3) is 0.250. The van der Waals surface area contributed by atoms with Crippen LogP contribution in [0.15, 0.2) is 23.4 Å². The fourth-order valence-corrected chi connectivity index (χ4v) is 1.07. The zero-order valence-corrected chi connectivity index (χ0v) is 7.31. The summed E-state index contributed by atoms with van der Waals surface area (Å²) in [7, 11) is 0. The minimum atomic E-state index is 0.0603. The number of pyridine rings is 1. The Hall–Kier alpha value is -0.830. The SMILES string of the molecule is CSc1ccc(C(C)=O)cn1. The van der Waals surface area contributed by atoms with E-state index in [0.717, 1.165) is 5.03 Å². The monoisotopic (exact) mass is 167 g/mol. The van der Waals surface area contributed by atoms with E-state index in [4.69, 9.17) is 0 Å². The first kappa shape index (κ1) is 8.27. The topological polar surface area (TPSA) is 30.0 Å². The van der Waals surface area contributed by atoms with E-state index in [-0.39, 0.29) is 5.78 Å². The first-order chi connectivity index (χ1) is 5.24. The van der Waals surface area contributed by atoms with Gasteiger partial charge in [0.15, 0.2) is 5.78 Å². The normalized spacial score (nSPS) is 9.64. The van der Waals surface area contributed by atoms with Crippen LogP contribution < -0.4 is 0 Å². The maximum atomic E-state index is 10.8. The Labute approximate surface area is 70.0 Å². The van der Waals surface area contributed by atoms with Gasteiger partial charge < -0.3 is 0 Å². The van der Waals surface area contributed by atoms with Crippen LogP contribution in [0.25, 0.3) is 0 Å². The van der Waals surface area contributed by atoms with Gasteiger partial charge in [0, 0.05) is 11.8 Å². The highest BCUT2D eigenvalue weighted by Gasteiger charge is 1.98. The van der Waals surface area contributed by atoms with E-state index in [1.807, 2.05) is 12.3 Å². The summed E-state index contributed by atoms with van der Waals surface area (Å²) in [6, 6.07) is 3.64. The zero-order chi connectivity index (χ0) is 8.27. The van der Waals surface area contributed by atoms with E-state index in [2.05, 4.69) is 4.98 Å². The molecule has 1 aromatic heterocycles. The van der Waals surface area contributed by atoms with Gasteiger partial charge in [-0.25, -0.2) is 4.98 Å². The zero-order valence-electron chi connectivity index (χ0n) is 6.50. The van der Waals surface area contributed by atoms with Gasteiger partial charge in [0.25, 0.3) is 0 Å². The fourth-order valence-electron chi connectivity index (χ4n) is 0.709. The molecule has 1 heterocycles. The first-order valence-corrected chi connectivity index (χ1v) is 4.47. The third-order valence-corrected chi connectivity index (χ3v) is 2.01. The molecule has 0 radical (unpaired) electrons. The summed E-state index contributed by atoms with van der Waals surface area (Å²) in [5.41, 5.74) is 0.669. The molecule has 0 fully saturated rings. The second-order valence-corrected chi connectivity index (χ2v) is 2.97. The maximum absolute atomic E-state index is 10.8. The number of thioether (sulfide) groups is 1. The van der Waals surface area contributed by atoms with Gasteiger partial charge in [-0.3, -0.25) is 4.79 Å². The number of hydrogen-bond acceptors (Lipinski definition) is 3. The van der Waals surface area contributed by atoms with Crippen molar-refractivity contribution >= 4 is 17.5 Å². The number of ketones is 1. The van der Waals surface area contributed by atoms with Gasteiger partial charge in [0.2, 0.25) is 0 Å². The van der Waals surface area contributed by atoms with E-state index in [1.165, 1.54) is 6.92 Å². The third-order valence-electron chi connectivity index (χ3n) is 1.35. The summed E-state index contributed by atoms with van der Waals surface area (Å²) >= 11 is 1.57. The van der Waals surface area contributed by atoms with Crippen LogP contribution in [-0.4, -0.2) is 17.0 Å². The Balaban J connectivity index is 2.91. The molecule has 2 nitrogen and oxygen atoms in total. The van der Waals surface area contributed by atoms with Gasteiger partial charge in [-0.1, -0.05) is 0 Å². The van der Waals surface area contributed by atoms with Crippen LogP contribution in [-0.2, 0) is 0 Å². The molecule has 0 bridgehead atoms. The van der Waals surface area contributed by atoms with Crippen molar-refractivity contribution in [1.82, 2.24) is 4.98 Å². The molecule has 1 rings (SSSR count). The summed E-state index contributed by atoms with van der Waals surface area (Å²) in [6.07, 6.45) is 3.56. The van der Waals surface area contributed by atoms with Gasteiger partial charge in [-0.05, 0) is 25.3 Å². The first-order valence-electron chi connectivity index (χ1n) is 3.25. The molecule has 1 aromatic rings. The lowest BCUT2D eigenvalue weighted by Gasteiger charge is -1.95. The van der Waals surface area contributed by atoms with Gasteiger partial charge in [0.05, 0.1) is 5.03 Å². The summed E-state index contributed by atoms with van der Waals surface area (Å²) in [5, 5.41) is 0.940. The van der Waals surface area contributed by atoms with Crippen LogP contribution in [0, 0.1) is 0 Å². The molecule has 0 N–H and O–H groups in total. The molecule has 0 spiro atoms. The maximum Gasteiger partial charge on any atom is 0.161 e. The molecule has 0 unspecified atom stereocenters. The van der Waals surface area contributed by atoms with Crippen LogP contribution in [0.5, 0.6) is 0 Å². The molecule has 0 saturated heterocycles. The van der Waals surface area contributed by atoms with E-state index in [1.54, 1.807) is 24.0 Å². The molecule has 0 aliphatic heterocycles. The van der Waals surface area contributed by atoms with Gasteiger partial charge in [-0.15, -0.1) is 11.8 Å². The summed E-state index contributed by atoms with van der Waals surface area (Å²) in [4.78, 5) is 14.9. The van der Waals surface area contributed by atoms with Crippen molar-refractivity contribution in [2.45, 2.75) is 11.9 Å². The molecule has 0 aromatic carbocycles. The Morgan fingerprint density at radius 3 is 2.64 bits per heavy atom. The minimum absolute atomic E-state index is 0.0603. The minimum Gasteiger partial charge on any atom is -0.294 e. The van der Waals surface area contributed by atoms with Gasteiger partial charge in [-0.2, -0.15) is 0 Å². The smallest absolute Gasteiger partial charge is 0.161 e. The predicted molar refractivity (Wildman–Crippen MR) is 46.0 cm³/mol. The van der Waals surface area contributed by atoms with Crippen molar-refractivity contribution in [2.24, 2.45) is 0 Å². The molecule has 11 heavy (non-hydrogen) atoms. The van der Waals surface area contributed by atoms with Crippen LogP contribution >= 0.6 is 11.8 Å². The lowest BCUT2D eigenvalue weighted by atomic mass is 10.2. The summed E-state index contributed by atoms with van der Waals surface area (Å²) in [5.74, 6) is 0.0603. The molecule has 0 amide bonds. The molecular weight excluding hydrogens is 158 g/mol. The van der Waals surface area contributed by atoms with Crippen molar-refractivity contribution in [3.8, 4) is 0 Å². The Bertz CT molecular complexity index is 255. The van der Waals surface area contributed by atoms with Crippen LogP contribution in [0.3, 0.4) is 0 Å². The quantitative estimate of drug-likeness (QED) is 0.498. The average molecular weight is 167 g/mol. The van der Waals surface area contributed by atoms with Gasteiger partial charge in [0.1, 0.15) is 0 Å². The van der Waals surface area contributed by atoms with E-state index in [0.29, 0.717) is 5.56 Å². The number of hydrogen-bond donors (Lipinski definition) is 0. The van der Waals surface area contributed by atoms with Crippen LogP contribution in [0.4, 0.5) is 0 Å². The van der Waals surface area contributed by atoms with Crippen LogP contribution in [0.2, 0.25) is 0 Å². The third kappa shape index (κ3) is 2.05. The second kappa shape index (κ2) is 3.53. The van der Waals surface area contributed by atoms with Crippen molar-refractivity contribution < 1.29 is 4.79 Å². The predicted octanol–water partition coefficient (Wildman–Crippen LogP) is 2.01. The van der Waals surface area contributed by atoms with Crippen molar-refractivity contribution in [3.05, 3.63) is 23.9 Å². The lowest BCUT2D eigenvalue weighted by Crippen LogP contribution is -1.92. The van der Waals surface area contributed by atoms with E-state index in [9.17, 15) is 4.79 Å². The number of aromatic nitrogens is 1. The number of carbonyl (C=O) groups is 1. The molecule has 0 saturated carbocycles. The molecule has 0 aliphatic rings. The number of rotatable bonds is 2. The van der Waals surface area contributed by atoms with E-state index >= 15 is 0 Å². The highest BCUT2D eigenvalue weighted by atomic mass is 32.2. The second-order valence-electron chi connectivity index (χ2n) is 2.15. The number of Topliss-reactive ketones (excluding diaryl/α,β-unsaturated/α-hetero) is 1. The largest absolute Gasteiger partial charge is 0.294 e. The average Bonchev–Trinajstić information content (AvgIpc) is 2.05. The summed E-state index contributed by atoms with van der Waals surface area (Å²) in [6.45, 7) is 1.54. The van der Waals surface area contributed by atoms with Crippen molar-refractivity contribution in [1.29, 1.82) is 0 Å². The van der Waals surface area contributed by atoms with Crippen LogP contribution in [0.1, 0.15) is 17.3 Å². The number of nitrogens with zero attached hydrogens (tertiary/aromatic N) is 1. The molecule has 3 heteroatoms. The van der Waals surface area contributed by atoms with Crippen molar-refractivity contribution in [3.63, 3.8) is 0 Å². The summed E-state index contributed by atoms with van der Waals surface area (Å²) < 4.78 is 0. The highest BCUT2D eigenvalue weighted by molar-refractivity contribution is 7.98. The van der Waals surface area contributed by atoms with Crippen molar-refractivity contribution in [2.75, 3.05) is 6.26 Å². The Kier molecular flexibility index (Phi) is 2.65. The molecule has 58 valence electrons. The Morgan fingerprint density at radius 2 is 2.27 bits per heavy atom. The van der Waals surface area contributed by atoms with E-state index < -0.39 is 0 Å². The molecule has 0 aliphatic carbocycles. The highest BCUT2D eigenvalue weighted by Crippen LogP contribution is 2.10. The lowest BCUT2D eigenvalue weighted by molar-refractivity contribution is 0.101.